The van der Waals surface area contributed by atoms with Gasteiger partial charge in [0, 0.05) is 5.56 Å². The van der Waals surface area contributed by atoms with E-state index >= 15 is 0 Å². The van der Waals surface area contributed by atoms with Crippen molar-refractivity contribution < 1.29 is 38.4 Å². The number of aliphatic hydroxyl groups is 1. The van der Waals surface area contributed by atoms with Crippen LogP contribution in [0.25, 0.3) is 0 Å². The summed E-state index contributed by atoms with van der Waals surface area (Å²) in [6.07, 6.45) is 0.141. The Morgan fingerprint density at radius 2 is 1.50 bits per heavy atom. The van der Waals surface area contributed by atoms with Crippen LogP contribution in [0.5, 0.6) is 0 Å². The summed E-state index contributed by atoms with van der Waals surface area (Å²) in [7, 11) is 0. The molecule has 1 aromatic rings. The molecule has 30 heavy (non-hydrogen) atoms. The van der Waals surface area contributed by atoms with Gasteiger partial charge in [0.1, 0.15) is 12.2 Å². The number of hydrogen-bond acceptors (Lipinski definition) is 8. The van der Waals surface area contributed by atoms with Gasteiger partial charge in [-0.1, -0.05) is 18.2 Å². The normalized spacial score (nSPS) is 11.7. The lowest BCUT2D eigenvalue weighted by Gasteiger charge is -2.24. The van der Waals surface area contributed by atoms with Gasteiger partial charge >= 0.3 is 5.97 Å². The number of esters is 1. The van der Waals surface area contributed by atoms with Gasteiger partial charge in [-0.2, -0.15) is 0 Å². The third kappa shape index (κ3) is 9.77. The molecular weight excluding hydrogens is 392 g/mol. The van der Waals surface area contributed by atoms with Gasteiger partial charge in [0.15, 0.2) is 5.78 Å². The Balaban J connectivity index is 2.57. The van der Waals surface area contributed by atoms with Gasteiger partial charge in [-0.05, 0) is 33.8 Å². The molecule has 170 valence electrons. The van der Waals surface area contributed by atoms with Gasteiger partial charge in [0.2, 0.25) is 0 Å². The van der Waals surface area contributed by atoms with Crippen molar-refractivity contribution in [1.29, 1.82) is 0 Å². The molecule has 0 aliphatic heterocycles. The zero-order chi connectivity index (χ0) is 22.4. The van der Waals surface area contributed by atoms with E-state index in [0.29, 0.717) is 13.2 Å². The second kappa shape index (κ2) is 14.2. The first kappa shape index (κ1) is 26.2. The quantitative estimate of drug-likeness (QED) is 0.244. The second-order valence-electron chi connectivity index (χ2n) is 7.24. The molecule has 0 saturated carbocycles. The number of hydrogen-bond donors (Lipinski definition) is 1. The highest BCUT2D eigenvalue weighted by molar-refractivity contribution is 6.09. The van der Waals surface area contributed by atoms with Crippen molar-refractivity contribution in [3.05, 3.63) is 35.4 Å². The molecule has 0 amide bonds. The lowest BCUT2D eigenvalue weighted by molar-refractivity contribution is -0.0337. The predicted molar refractivity (Wildman–Crippen MR) is 111 cm³/mol. The summed E-state index contributed by atoms with van der Waals surface area (Å²) < 4.78 is 26.7. The number of Topliss-reactive ketones (excluding diaryl/α,β-unsaturated/α-hetero) is 1. The highest BCUT2D eigenvalue weighted by Crippen LogP contribution is 2.21. The average Bonchev–Trinajstić information content (AvgIpc) is 2.72. The topological polar surface area (TPSA) is 101 Å². The van der Waals surface area contributed by atoms with E-state index in [2.05, 4.69) is 0 Å². The lowest BCUT2D eigenvalue weighted by Crippen LogP contribution is -2.37. The van der Waals surface area contributed by atoms with E-state index in [1.807, 2.05) is 13.8 Å². The molecule has 1 aromatic carbocycles. The van der Waals surface area contributed by atoms with Crippen LogP contribution in [0.1, 0.15) is 48.4 Å². The molecule has 8 heteroatoms. The third-order valence-corrected chi connectivity index (χ3v) is 4.00. The van der Waals surface area contributed by atoms with E-state index in [4.69, 9.17) is 28.8 Å². The van der Waals surface area contributed by atoms with Gasteiger partial charge in [-0.3, -0.25) is 4.79 Å². The summed E-state index contributed by atoms with van der Waals surface area (Å²) >= 11 is 0. The smallest absolute Gasteiger partial charge is 0.338 e. The summed E-state index contributed by atoms with van der Waals surface area (Å²) in [6.45, 7) is 8.93. The van der Waals surface area contributed by atoms with Crippen LogP contribution in [-0.2, 0) is 23.7 Å². The highest BCUT2D eigenvalue weighted by atomic mass is 16.6. The molecule has 0 saturated heterocycles. The number of carbonyl (C=O) groups is 2. The summed E-state index contributed by atoms with van der Waals surface area (Å²) in [6, 6.07) is 6.48. The fourth-order valence-corrected chi connectivity index (χ4v) is 2.49. The molecule has 1 N–H and O–H groups in total. The standard InChI is InChI=1S/C22H34O8/c1-17(2)28-14-11-27-12-15-29-21(25)19-8-6-5-7-18(19)20(24)22(3,4)30-16-13-26-10-9-23/h5-8,17,23H,9-16H2,1-4H3. The first-order valence-electron chi connectivity index (χ1n) is 10.1. The van der Waals surface area contributed by atoms with Crippen molar-refractivity contribution in [3.8, 4) is 0 Å². The van der Waals surface area contributed by atoms with Crippen LogP contribution in [0.2, 0.25) is 0 Å². The number of benzene rings is 1. The van der Waals surface area contributed by atoms with E-state index in [9.17, 15) is 9.59 Å². The van der Waals surface area contributed by atoms with E-state index in [-0.39, 0.29) is 62.7 Å². The van der Waals surface area contributed by atoms with Crippen molar-refractivity contribution in [2.24, 2.45) is 0 Å². The Morgan fingerprint density at radius 1 is 0.900 bits per heavy atom. The number of ketones is 1. The molecule has 0 heterocycles. The minimum atomic E-state index is -1.15. The Labute approximate surface area is 178 Å². The maximum absolute atomic E-state index is 13.0. The molecule has 0 fully saturated rings. The van der Waals surface area contributed by atoms with Crippen LogP contribution in [0.3, 0.4) is 0 Å². The minimum absolute atomic E-state index is 0.0745. The molecule has 0 radical (unpaired) electrons. The van der Waals surface area contributed by atoms with Gasteiger partial charge in [-0.15, -0.1) is 0 Å². The number of ether oxygens (including phenoxy) is 5. The number of aliphatic hydroxyl groups excluding tert-OH is 1. The fraction of sp³-hybridized carbons (Fsp3) is 0.636. The Morgan fingerprint density at radius 3 is 2.17 bits per heavy atom. The molecule has 0 aromatic heterocycles. The first-order chi connectivity index (χ1) is 14.3. The zero-order valence-corrected chi connectivity index (χ0v) is 18.3. The molecule has 0 unspecified atom stereocenters. The summed E-state index contributed by atoms with van der Waals surface area (Å²) in [5.41, 5.74) is -0.743. The number of carbonyl (C=O) groups excluding carboxylic acids is 2. The molecule has 0 spiro atoms. The van der Waals surface area contributed by atoms with Crippen molar-refractivity contribution in [2.75, 3.05) is 52.9 Å². The van der Waals surface area contributed by atoms with Crippen molar-refractivity contribution in [1.82, 2.24) is 0 Å². The maximum Gasteiger partial charge on any atom is 0.338 e. The van der Waals surface area contributed by atoms with E-state index in [0.717, 1.165) is 0 Å². The molecule has 0 aliphatic carbocycles. The van der Waals surface area contributed by atoms with Crippen LogP contribution in [0.15, 0.2) is 24.3 Å². The predicted octanol–water partition coefficient (Wildman–Crippen LogP) is 2.27. The van der Waals surface area contributed by atoms with Crippen LogP contribution < -0.4 is 0 Å². The van der Waals surface area contributed by atoms with Gasteiger partial charge in [0.05, 0.1) is 57.9 Å². The van der Waals surface area contributed by atoms with Crippen molar-refractivity contribution >= 4 is 11.8 Å². The van der Waals surface area contributed by atoms with Gasteiger partial charge < -0.3 is 28.8 Å². The Hall–Kier alpha value is -1.84. The molecular formula is C22H34O8. The second-order valence-corrected chi connectivity index (χ2v) is 7.24. The van der Waals surface area contributed by atoms with Crippen LogP contribution in [0.4, 0.5) is 0 Å². The highest BCUT2D eigenvalue weighted by Gasteiger charge is 2.32. The average molecular weight is 427 g/mol. The summed E-state index contributed by atoms with van der Waals surface area (Å²) in [5.74, 6) is -0.928. The van der Waals surface area contributed by atoms with Crippen molar-refractivity contribution in [3.63, 3.8) is 0 Å². The SMILES string of the molecule is CC(C)OCCOCCOC(=O)c1ccccc1C(=O)C(C)(C)OCCOCCO. The van der Waals surface area contributed by atoms with E-state index < -0.39 is 11.6 Å². The largest absolute Gasteiger partial charge is 0.460 e. The van der Waals surface area contributed by atoms with E-state index in [1.54, 1.807) is 38.1 Å². The molecule has 0 bridgehead atoms. The summed E-state index contributed by atoms with van der Waals surface area (Å²) in [4.78, 5) is 25.4. The Bertz CT molecular complexity index is 642. The Kier molecular flexibility index (Phi) is 12.4. The fourth-order valence-electron chi connectivity index (χ4n) is 2.49. The van der Waals surface area contributed by atoms with Crippen molar-refractivity contribution in [2.45, 2.75) is 39.4 Å². The monoisotopic (exact) mass is 426 g/mol. The molecule has 0 atom stereocenters. The first-order valence-corrected chi connectivity index (χ1v) is 10.1. The summed E-state index contributed by atoms with van der Waals surface area (Å²) in [5, 5.41) is 8.70. The third-order valence-electron chi connectivity index (χ3n) is 4.00. The lowest BCUT2D eigenvalue weighted by atomic mass is 9.93. The van der Waals surface area contributed by atoms with Crippen LogP contribution in [0, 0.1) is 0 Å². The minimum Gasteiger partial charge on any atom is -0.460 e. The zero-order valence-electron chi connectivity index (χ0n) is 18.3. The molecule has 1 rings (SSSR count). The van der Waals surface area contributed by atoms with E-state index in [1.165, 1.54) is 0 Å². The van der Waals surface area contributed by atoms with Gasteiger partial charge in [-0.25, -0.2) is 4.79 Å². The van der Waals surface area contributed by atoms with Gasteiger partial charge in [0.25, 0.3) is 0 Å². The van der Waals surface area contributed by atoms with Crippen LogP contribution >= 0.6 is 0 Å². The maximum atomic E-state index is 13.0. The van der Waals surface area contributed by atoms with Crippen LogP contribution in [-0.4, -0.2) is 81.4 Å². The molecule has 8 nitrogen and oxygen atoms in total. The number of rotatable bonds is 16. The molecule has 0 aliphatic rings.